The number of amides is 1. The van der Waals surface area contributed by atoms with E-state index >= 15 is 0 Å². The maximum atomic E-state index is 12.5. The fourth-order valence-corrected chi connectivity index (χ4v) is 4.31. The van der Waals surface area contributed by atoms with Crippen molar-refractivity contribution in [3.05, 3.63) is 29.8 Å². The molecule has 0 unspecified atom stereocenters. The lowest BCUT2D eigenvalue weighted by atomic mass is 9.61. The summed E-state index contributed by atoms with van der Waals surface area (Å²) in [7, 11) is 0. The lowest BCUT2D eigenvalue weighted by Gasteiger charge is -2.52. The second kappa shape index (κ2) is 7.77. The van der Waals surface area contributed by atoms with E-state index in [1.807, 2.05) is 17.0 Å². The number of carbonyl (C=O) groups is 1. The average molecular weight is 345 g/mol. The molecule has 1 saturated heterocycles. The van der Waals surface area contributed by atoms with Gasteiger partial charge in [0.25, 0.3) is 0 Å². The highest BCUT2D eigenvalue weighted by Gasteiger charge is 2.47. The van der Waals surface area contributed by atoms with Crippen molar-refractivity contribution < 1.29 is 14.6 Å². The third kappa shape index (κ3) is 4.17. The summed E-state index contributed by atoms with van der Waals surface area (Å²) in [6, 6.07) is 8.26. The van der Waals surface area contributed by atoms with Crippen LogP contribution in [0, 0.1) is 18.3 Å². The maximum Gasteiger partial charge on any atom is 0.227 e. The number of nitrogens with zero attached hydrogens (tertiary/aromatic N) is 1. The van der Waals surface area contributed by atoms with Gasteiger partial charge in [0.2, 0.25) is 5.91 Å². The zero-order chi connectivity index (χ0) is 17.9. The van der Waals surface area contributed by atoms with Crippen LogP contribution in [-0.2, 0) is 4.79 Å². The van der Waals surface area contributed by atoms with Crippen molar-refractivity contribution in [1.29, 1.82) is 0 Å². The Labute approximate surface area is 151 Å². The van der Waals surface area contributed by atoms with Crippen LogP contribution in [0.1, 0.15) is 51.0 Å². The third-order valence-corrected chi connectivity index (χ3v) is 5.99. The quantitative estimate of drug-likeness (QED) is 0.858. The van der Waals surface area contributed by atoms with E-state index in [4.69, 9.17) is 4.74 Å². The minimum atomic E-state index is -0.210. The first-order chi connectivity index (χ1) is 12.0. The van der Waals surface area contributed by atoms with Crippen molar-refractivity contribution >= 4 is 5.91 Å². The van der Waals surface area contributed by atoms with E-state index in [0.717, 1.165) is 57.4 Å². The fourth-order valence-electron chi connectivity index (χ4n) is 4.31. The SMILES string of the molecule is CCC[C@H](CO)C(=O)N1CCC2(CC1)CC(Oc1ccc(C)cc1)C2. The van der Waals surface area contributed by atoms with Crippen LogP contribution in [0.2, 0.25) is 0 Å². The Kier molecular flexibility index (Phi) is 5.67. The molecule has 1 aromatic carbocycles. The standard InChI is InChI=1S/C21H31NO3/c1-3-4-17(15-23)20(24)22-11-9-21(10-12-22)13-19(14-21)25-18-7-5-16(2)6-8-18/h5-8,17,19,23H,3-4,9-15H2,1-2H3/t17-/m1/s1. The number of rotatable bonds is 6. The van der Waals surface area contributed by atoms with Gasteiger partial charge in [0, 0.05) is 13.1 Å². The summed E-state index contributed by atoms with van der Waals surface area (Å²) in [6.45, 7) is 5.77. The summed E-state index contributed by atoms with van der Waals surface area (Å²) in [4.78, 5) is 14.5. The molecule has 2 fully saturated rings. The highest BCUT2D eigenvalue weighted by Crippen LogP contribution is 2.50. The molecule has 1 spiro atoms. The molecule has 1 aliphatic heterocycles. The van der Waals surface area contributed by atoms with Crippen LogP contribution < -0.4 is 4.74 Å². The lowest BCUT2D eigenvalue weighted by molar-refractivity contribution is -0.142. The van der Waals surface area contributed by atoms with Crippen molar-refractivity contribution in [3.8, 4) is 5.75 Å². The van der Waals surface area contributed by atoms with Gasteiger partial charge >= 0.3 is 0 Å². The van der Waals surface area contributed by atoms with Crippen LogP contribution in [0.15, 0.2) is 24.3 Å². The number of benzene rings is 1. The molecule has 0 bridgehead atoms. The number of hydrogen-bond donors (Lipinski definition) is 1. The molecule has 1 saturated carbocycles. The molecule has 3 rings (SSSR count). The van der Waals surface area contributed by atoms with Gasteiger partial charge in [0.1, 0.15) is 5.75 Å². The van der Waals surface area contributed by atoms with E-state index in [9.17, 15) is 9.90 Å². The van der Waals surface area contributed by atoms with E-state index in [0.29, 0.717) is 11.5 Å². The topological polar surface area (TPSA) is 49.8 Å². The number of ether oxygens (including phenoxy) is 1. The molecule has 0 aromatic heterocycles. The van der Waals surface area contributed by atoms with Crippen molar-refractivity contribution in [2.24, 2.45) is 11.3 Å². The number of carbonyl (C=O) groups excluding carboxylic acids is 1. The fraction of sp³-hybridized carbons (Fsp3) is 0.667. The zero-order valence-corrected chi connectivity index (χ0v) is 15.5. The van der Waals surface area contributed by atoms with E-state index in [2.05, 4.69) is 26.0 Å². The number of hydrogen-bond acceptors (Lipinski definition) is 3. The molecular weight excluding hydrogens is 314 g/mol. The first kappa shape index (κ1) is 18.2. The summed E-state index contributed by atoms with van der Waals surface area (Å²) >= 11 is 0. The normalized spacial score (nSPS) is 21.0. The summed E-state index contributed by atoms with van der Waals surface area (Å²) in [5, 5.41) is 9.45. The van der Waals surface area contributed by atoms with E-state index in [1.165, 1.54) is 5.56 Å². The van der Waals surface area contributed by atoms with Gasteiger partial charge < -0.3 is 14.7 Å². The van der Waals surface area contributed by atoms with Crippen molar-refractivity contribution in [2.45, 2.75) is 58.5 Å². The first-order valence-electron chi connectivity index (χ1n) is 9.68. The van der Waals surface area contributed by atoms with Gasteiger partial charge in [0.05, 0.1) is 18.6 Å². The molecule has 1 N–H and O–H groups in total. The molecule has 1 amide bonds. The predicted octanol–water partition coefficient (Wildman–Crippen LogP) is 3.55. The molecule has 25 heavy (non-hydrogen) atoms. The molecule has 4 nitrogen and oxygen atoms in total. The predicted molar refractivity (Wildman–Crippen MR) is 98.6 cm³/mol. The highest BCUT2D eigenvalue weighted by molar-refractivity contribution is 5.79. The number of piperidine rings is 1. The number of aliphatic hydroxyl groups excluding tert-OH is 1. The Morgan fingerprint density at radius 2 is 1.92 bits per heavy atom. The molecule has 0 radical (unpaired) electrons. The summed E-state index contributed by atoms with van der Waals surface area (Å²) in [6.07, 6.45) is 6.36. The average Bonchev–Trinajstić information content (AvgIpc) is 2.60. The van der Waals surface area contributed by atoms with Crippen molar-refractivity contribution in [3.63, 3.8) is 0 Å². The number of aryl methyl sites for hydroxylation is 1. The Morgan fingerprint density at radius 3 is 2.48 bits per heavy atom. The van der Waals surface area contributed by atoms with Gasteiger partial charge in [0.15, 0.2) is 0 Å². The molecule has 4 heteroatoms. The molecule has 138 valence electrons. The minimum Gasteiger partial charge on any atom is -0.490 e. The Hall–Kier alpha value is -1.55. The lowest BCUT2D eigenvalue weighted by Crippen LogP contribution is -2.53. The van der Waals surface area contributed by atoms with Crippen LogP contribution in [0.4, 0.5) is 0 Å². The second-order valence-electron chi connectivity index (χ2n) is 7.95. The molecule has 1 heterocycles. The largest absolute Gasteiger partial charge is 0.490 e. The van der Waals surface area contributed by atoms with Crippen molar-refractivity contribution in [2.75, 3.05) is 19.7 Å². The Balaban J connectivity index is 1.45. The first-order valence-corrected chi connectivity index (χ1v) is 9.68. The number of likely N-dealkylation sites (tertiary alicyclic amines) is 1. The van der Waals surface area contributed by atoms with E-state index in [1.54, 1.807) is 0 Å². The van der Waals surface area contributed by atoms with E-state index in [-0.39, 0.29) is 18.4 Å². The highest BCUT2D eigenvalue weighted by atomic mass is 16.5. The van der Waals surface area contributed by atoms with Crippen LogP contribution in [-0.4, -0.2) is 41.7 Å². The van der Waals surface area contributed by atoms with Crippen LogP contribution in [0.3, 0.4) is 0 Å². The molecule has 1 atom stereocenters. The maximum absolute atomic E-state index is 12.5. The number of aliphatic hydroxyl groups is 1. The van der Waals surface area contributed by atoms with E-state index < -0.39 is 0 Å². The minimum absolute atomic E-state index is 0.0270. The smallest absolute Gasteiger partial charge is 0.227 e. The van der Waals surface area contributed by atoms with Crippen LogP contribution >= 0.6 is 0 Å². The Morgan fingerprint density at radius 1 is 1.28 bits per heavy atom. The monoisotopic (exact) mass is 345 g/mol. The van der Waals surface area contributed by atoms with Crippen LogP contribution in [0.25, 0.3) is 0 Å². The molecular formula is C21H31NO3. The van der Waals surface area contributed by atoms with Crippen molar-refractivity contribution in [1.82, 2.24) is 4.90 Å². The molecule has 1 aliphatic carbocycles. The summed E-state index contributed by atoms with van der Waals surface area (Å²) in [5.74, 6) is 0.896. The zero-order valence-electron chi connectivity index (χ0n) is 15.5. The second-order valence-corrected chi connectivity index (χ2v) is 7.95. The van der Waals surface area contributed by atoms with Gasteiger partial charge in [-0.05, 0) is 56.6 Å². The van der Waals surface area contributed by atoms with Gasteiger partial charge in [-0.25, -0.2) is 0 Å². The van der Waals surface area contributed by atoms with Crippen LogP contribution in [0.5, 0.6) is 5.75 Å². The molecule has 2 aliphatic rings. The van der Waals surface area contributed by atoms with Gasteiger partial charge in [-0.1, -0.05) is 31.0 Å². The Bertz CT molecular complexity index is 567. The van der Waals surface area contributed by atoms with Gasteiger partial charge in [-0.15, -0.1) is 0 Å². The molecule has 1 aromatic rings. The van der Waals surface area contributed by atoms with Gasteiger partial charge in [-0.3, -0.25) is 4.79 Å². The summed E-state index contributed by atoms with van der Waals surface area (Å²) in [5.41, 5.74) is 1.62. The van der Waals surface area contributed by atoms with Gasteiger partial charge in [-0.2, -0.15) is 0 Å². The summed E-state index contributed by atoms with van der Waals surface area (Å²) < 4.78 is 6.08. The third-order valence-electron chi connectivity index (χ3n) is 5.99.